The van der Waals surface area contributed by atoms with Crippen molar-refractivity contribution in [3.05, 3.63) is 252 Å². The molecular weight excluding hydrogens is 757 g/mol. The standard InChI is InChI=1S/C63H38/c1-3-16-49(17-4-1)63(50-18-5-2-6-19-50)57-37-46(45-14-9-15-47(36-45)51-30-24-43-22-20-39-10-7-12-41-26-34-55(51)61(43)59(39)41)28-32-53(57)54-33-29-48(38-58(54)63)52-31-25-44-23-21-40-11-8-13-42-27-35-56(52)62(44)60(40)42/h1-38H/i1D,2D,3D,4D,5D,6D,9D,14D,16D,17D,18D,19D,28D,29D,32D,33D,36D,37D,38D. The highest BCUT2D eigenvalue weighted by Gasteiger charge is 2.46. The van der Waals surface area contributed by atoms with Crippen LogP contribution in [0.1, 0.15) is 48.3 Å². The van der Waals surface area contributed by atoms with Crippen molar-refractivity contribution in [3.8, 4) is 44.5 Å². The van der Waals surface area contributed by atoms with Gasteiger partial charge < -0.3 is 0 Å². The molecule has 0 fully saturated rings. The highest BCUT2D eigenvalue weighted by Crippen LogP contribution is 2.58. The molecule has 0 atom stereocenters. The van der Waals surface area contributed by atoms with E-state index in [0.29, 0.717) is 16.3 Å². The Kier molecular flexibility index (Phi) is 4.36. The van der Waals surface area contributed by atoms with Crippen LogP contribution < -0.4 is 0 Å². The maximum atomic E-state index is 10.7. The molecule has 0 spiro atoms. The molecule has 0 saturated carbocycles. The minimum atomic E-state index is -3.06. The van der Waals surface area contributed by atoms with E-state index in [1.807, 2.05) is 84.9 Å². The predicted octanol–water partition coefficient (Wildman–Crippen LogP) is 16.8. The van der Waals surface area contributed by atoms with Crippen LogP contribution in [0.2, 0.25) is 0 Å². The maximum absolute atomic E-state index is 10.7. The summed E-state index contributed by atoms with van der Waals surface area (Å²) in [6.07, 6.45) is 0. The summed E-state index contributed by atoms with van der Waals surface area (Å²) in [7, 11) is 0. The number of hydrogen-bond acceptors (Lipinski definition) is 0. The SMILES string of the molecule is [2H]c1cc(-c2ccc3ccc4cccc5ccc2c3c45)c([2H])c(-c2c([2H])c([2H])c3c(c2[2H])C(c2c([2H])c([2H])c([2H])c([2H])c2[2H])(c2c([2H])c([2H])c([2H])c([2H])c2[2H])c2c([2H])c(-c4ccc5ccc6cccc7ccc4c5c67)c([2H])c([2H])c2-3)c1[2H]. The van der Waals surface area contributed by atoms with Crippen LogP contribution in [-0.2, 0) is 5.41 Å². The quantitative estimate of drug-likeness (QED) is 0.152. The van der Waals surface area contributed by atoms with Gasteiger partial charge in [-0.25, -0.2) is 0 Å². The molecule has 0 N–H and O–H groups in total. The summed E-state index contributed by atoms with van der Waals surface area (Å²) in [6.45, 7) is 0. The van der Waals surface area contributed by atoms with Gasteiger partial charge in [0.25, 0.3) is 0 Å². The Morgan fingerprint density at radius 3 is 1.25 bits per heavy atom. The molecule has 14 rings (SSSR count). The van der Waals surface area contributed by atoms with E-state index in [1.165, 1.54) is 6.07 Å². The van der Waals surface area contributed by atoms with E-state index >= 15 is 0 Å². The van der Waals surface area contributed by atoms with Crippen molar-refractivity contribution in [3.63, 3.8) is 0 Å². The molecule has 1 aliphatic carbocycles. The normalized spacial score (nSPS) is 17.4. The van der Waals surface area contributed by atoms with Crippen LogP contribution in [0.25, 0.3) is 109 Å². The molecule has 0 amide bonds. The molecule has 0 heteroatoms. The van der Waals surface area contributed by atoms with E-state index in [0.717, 1.165) is 53.9 Å². The minimum Gasteiger partial charge on any atom is -0.0622 e. The van der Waals surface area contributed by atoms with Crippen LogP contribution in [-0.4, -0.2) is 0 Å². The predicted molar refractivity (Wildman–Crippen MR) is 267 cm³/mol. The Labute approximate surface area is 392 Å². The lowest BCUT2D eigenvalue weighted by Crippen LogP contribution is -2.28. The van der Waals surface area contributed by atoms with Gasteiger partial charge in [0.2, 0.25) is 0 Å². The lowest BCUT2D eigenvalue weighted by molar-refractivity contribution is 0.769. The Balaban J connectivity index is 1.18. The van der Waals surface area contributed by atoms with Crippen molar-refractivity contribution >= 4 is 64.6 Å². The fourth-order valence-electron chi connectivity index (χ4n) is 10.2. The molecule has 0 aliphatic heterocycles. The molecule has 0 heterocycles. The van der Waals surface area contributed by atoms with E-state index < -0.39 is 165 Å². The summed E-state index contributed by atoms with van der Waals surface area (Å²) in [5, 5.41) is 9.97. The van der Waals surface area contributed by atoms with Gasteiger partial charge in [-0.3, -0.25) is 0 Å². The monoisotopic (exact) mass is 813 g/mol. The third-order valence-electron chi connectivity index (χ3n) is 12.9. The summed E-state index contributed by atoms with van der Waals surface area (Å²) >= 11 is 0. The van der Waals surface area contributed by atoms with Gasteiger partial charge in [-0.2, -0.15) is 0 Å². The van der Waals surface area contributed by atoms with Gasteiger partial charge in [-0.1, -0.05) is 212 Å². The molecular formula is C63H38. The molecule has 0 radical (unpaired) electrons. The molecule has 0 nitrogen and oxygen atoms in total. The lowest BCUT2D eigenvalue weighted by atomic mass is 9.67. The second-order valence-electron chi connectivity index (χ2n) is 16.0. The Hall–Kier alpha value is -8.06. The summed E-state index contributed by atoms with van der Waals surface area (Å²) in [5.41, 5.74) is -7.61. The zero-order valence-corrected chi connectivity index (χ0v) is 33.0. The number of hydrogen-bond donors (Lipinski definition) is 0. The van der Waals surface area contributed by atoms with E-state index in [-0.39, 0.29) is 16.7 Å². The van der Waals surface area contributed by atoms with Gasteiger partial charge in [0, 0.05) is 0 Å². The topological polar surface area (TPSA) is 0 Å². The van der Waals surface area contributed by atoms with Crippen molar-refractivity contribution in [2.45, 2.75) is 5.41 Å². The Morgan fingerprint density at radius 1 is 0.286 bits per heavy atom. The first-order chi connectivity index (χ1) is 39.1. The first-order valence-electron chi connectivity index (χ1n) is 30.0. The van der Waals surface area contributed by atoms with Crippen LogP contribution in [0, 0.1) is 0 Å². The molecule has 0 aromatic heterocycles. The van der Waals surface area contributed by atoms with Crippen molar-refractivity contribution in [2.75, 3.05) is 0 Å². The van der Waals surface area contributed by atoms with Gasteiger partial charge in [0.15, 0.2) is 0 Å². The highest BCUT2D eigenvalue weighted by molar-refractivity contribution is 6.26. The van der Waals surface area contributed by atoms with Crippen LogP contribution >= 0.6 is 0 Å². The molecule has 0 bridgehead atoms. The van der Waals surface area contributed by atoms with E-state index in [9.17, 15) is 23.3 Å². The number of rotatable bonds is 5. The summed E-state index contributed by atoms with van der Waals surface area (Å²) in [4.78, 5) is 0. The van der Waals surface area contributed by atoms with Gasteiger partial charge in [0.05, 0.1) is 31.5 Å². The first kappa shape index (κ1) is 21.1. The molecule has 290 valence electrons. The third-order valence-corrected chi connectivity index (χ3v) is 12.9. The summed E-state index contributed by atoms with van der Waals surface area (Å²) in [6, 6.07) is 19.7. The van der Waals surface area contributed by atoms with E-state index in [1.54, 1.807) is 24.3 Å². The second-order valence-corrected chi connectivity index (χ2v) is 16.0. The van der Waals surface area contributed by atoms with Crippen LogP contribution in [0.4, 0.5) is 0 Å². The van der Waals surface area contributed by atoms with Crippen LogP contribution in [0.5, 0.6) is 0 Å². The van der Waals surface area contributed by atoms with Crippen LogP contribution in [0.3, 0.4) is 0 Å². The van der Waals surface area contributed by atoms with Crippen molar-refractivity contribution in [1.82, 2.24) is 0 Å². The maximum Gasteiger partial charge on any atom is 0.0713 e. The number of benzene rings is 13. The molecule has 0 saturated heterocycles. The molecule has 1 aliphatic rings. The summed E-state index contributed by atoms with van der Waals surface area (Å²) in [5.74, 6) is 0. The van der Waals surface area contributed by atoms with Crippen molar-refractivity contribution in [2.24, 2.45) is 0 Å². The van der Waals surface area contributed by atoms with E-state index in [2.05, 4.69) is 0 Å². The first-order valence-corrected chi connectivity index (χ1v) is 20.5. The minimum absolute atomic E-state index is 0.101. The van der Waals surface area contributed by atoms with E-state index in [4.69, 9.17) is 2.74 Å². The second kappa shape index (κ2) is 13.0. The number of fused-ring (bicyclic) bond motifs is 3. The molecule has 63 heavy (non-hydrogen) atoms. The zero-order valence-electron chi connectivity index (χ0n) is 52.0. The average molecular weight is 814 g/mol. The Morgan fingerprint density at radius 2 is 0.714 bits per heavy atom. The van der Waals surface area contributed by atoms with Gasteiger partial charge in [0.1, 0.15) is 0 Å². The van der Waals surface area contributed by atoms with Gasteiger partial charge >= 0.3 is 0 Å². The largest absolute Gasteiger partial charge is 0.0713 e. The van der Waals surface area contributed by atoms with Crippen molar-refractivity contribution in [1.29, 1.82) is 0 Å². The van der Waals surface area contributed by atoms with Crippen LogP contribution in [0.15, 0.2) is 230 Å². The lowest BCUT2D eigenvalue weighted by Gasteiger charge is -2.34. The molecule has 0 unspecified atom stereocenters. The summed E-state index contributed by atoms with van der Waals surface area (Å²) < 4.78 is 184. The van der Waals surface area contributed by atoms with Gasteiger partial charge in [-0.15, -0.1) is 0 Å². The molecule has 13 aromatic carbocycles. The van der Waals surface area contributed by atoms with Crippen molar-refractivity contribution < 1.29 is 26.0 Å². The average Bonchev–Trinajstić information content (AvgIpc) is 1.59. The fourth-order valence-corrected chi connectivity index (χ4v) is 10.2. The Bertz CT molecular complexity index is 4940. The van der Waals surface area contributed by atoms with Gasteiger partial charge in [-0.05, 0) is 150 Å². The fraction of sp³-hybridized carbons (Fsp3) is 0.0159. The smallest absolute Gasteiger partial charge is 0.0622 e. The molecule has 13 aromatic rings. The zero-order chi connectivity index (χ0) is 57.8. The third kappa shape index (κ3) is 4.81. The highest BCUT2D eigenvalue weighted by atomic mass is 14.5.